The predicted octanol–water partition coefficient (Wildman–Crippen LogP) is -1.28. The highest BCUT2D eigenvalue weighted by Gasteiger charge is 2.19. The number of rotatable bonds is 1. The van der Waals surface area contributed by atoms with Gasteiger partial charge in [0.05, 0.1) is 12.7 Å². The second kappa shape index (κ2) is 3.39. The van der Waals surface area contributed by atoms with Crippen molar-refractivity contribution in [1.29, 1.82) is 0 Å². The fourth-order valence-electron chi connectivity index (χ4n) is 1.47. The summed E-state index contributed by atoms with van der Waals surface area (Å²) in [6.45, 7) is 0.0725. The number of aliphatic hydroxyl groups excluding tert-OH is 1. The number of nitrogens with two attached hydrogens (primary N) is 1. The number of ether oxygens (including phenoxy) is 1. The number of hydrogen-bond donors (Lipinski definition) is 2. The van der Waals surface area contributed by atoms with E-state index in [1.807, 2.05) is 0 Å². The van der Waals surface area contributed by atoms with Gasteiger partial charge >= 0.3 is 5.69 Å². The lowest BCUT2D eigenvalue weighted by Gasteiger charge is -2.24. The van der Waals surface area contributed by atoms with Crippen LogP contribution in [0.25, 0.3) is 0 Å². The topological polar surface area (TPSA) is 90.4 Å². The maximum atomic E-state index is 11.3. The van der Waals surface area contributed by atoms with E-state index >= 15 is 0 Å². The quantitative estimate of drug-likeness (QED) is 0.585. The molecule has 1 aromatic rings. The van der Waals surface area contributed by atoms with E-state index < -0.39 is 5.69 Å². The molecule has 0 amide bonds. The van der Waals surface area contributed by atoms with Gasteiger partial charge in [-0.25, -0.2) is 4.79 Å². The maximum Gasteiger partial charge on any atom is 0.351 e. The van der Waals surface area contributed by atoms with Crippen molar-refractivity contribution in [3.05, 3.63) is 22.2 Å². The van der Waals surface area contributed by atoms with Gasteiger partial charge in [0, 0.05) is 18.2 Å². The molecule has 76 valence electrons. The van der Waals surface area contributed by atoms with Crippen molar-refractivity contribution >= 4 is 5.82 Å². The third-order valence-electron chi connectivity index (χ3n) is 2.20. The molecule has 1 unspecified atom stereocenters. The molecule has 6 heteroatoms. The van der Waals surface area contributed by atoms with Crippen molar-refractivity contribution in [2.75, 3.05) is 12.3 Å². The molecule has 0 spiro atoms. The van der Waals surface area contributed by atoms with Crippen LogP contribution in [0.1, 0.15) is 5.69 Å². The fraction of sp³-hybridized carbons (Fsp3) is 0.500. The van der Waals surface area contributed by atoms with Gasteiger partial charge in [-0.15, -0.1) is 0 Å². The fourth-order valence-corrected chi connectivity index (χ4v) is 1.47. The average molecular weight is 197 g/mol. The number of nitrogen functional groups attached to an aromatic ring is 1. The van der Waals surface area contributed by atoms with Crippen LogP contribution >= 0.6 is 0 Å². The number of hydrogen-bond acceptors (Lipinski definition) is 5. The minimum atomic E-state index is -0.406. The zero-order chi connectivity index (χ0) is 10.1. The Labute approximate surface area is 79.9 Å². The molecule has 0 radical (unpaired) electrons. The SMILES string of the molecule is Nc1cc2n(c(=O)n1)COC(CO)C2. The summed E-state index contributed by atoms with van der Waals surface area (Å²) in [4.78, 5) is 14.9. The number of anilines is 1. The summed E-state index contributed by atoms with van der Waals surface area (Å²) in [5, 5.41) is 8.90. The van der Waals surface area contributed by atoms with Gasteiger partial charge in [-0.2, -0.15) is 4.98 Å². The van der Waals surface area contributed by atoms with Crippen LogP contribution in [0.2, 0.25) is 0 Å². The first-order valence-corrected chi connectivity index (χ1v) is 4.29. The first-order valence-electron chi connectivity index (χ1n) is 4.29. The standard InChI is InChI=1S/C8H11N3O3/c9-7-2-5-1-6(3-12)14-4-11(5)8(13)10-7/h2,6,12H,1,3-4H2,(H2,9,10,13). The Balaban J connectivity index is 2.42. The molecule has 1 aliphatic rings. The maximum absolute atomic E-state index is 11.3. The van der Waals surface area contributed by atoms with Gasteiger partial charge in [0.15, 0.2) is 0 Å². The second-order valence-corrected chi connectivity index (χ2v) is 3.19. The van der Waals surface area contributed by atoms with E-state index in [4.69, 9.17) is 15.6 Å². The molecule has 0 saturated carbocycles. The van der Waals surface area contributed by atoms with Gasteiger partial charge in [-0.3, -0.25) is 4.57 Å². The van der Waals surface area contributed by atoms with Gasteiger partial charge in [0.25, 0.3) is 0 Å². The molecule has 0 fully saturated rings. The first-order chi connectivity index (χ1) is 6.70. The molecule has 2 heterocycles. The Kier molecular flexibility index (Phi) is 2.22. The molecule has 1 aliphatic heterocycles. The van der Waals surface area contributed by atoms with E-state index in [-0.39, 0.29) is 25.3 Å². The lowest BCUT2D eigenvalue weighted by atomic mass is 10.1. The van der Waals surface area contributed by atoms with Crippen LogP contribution in [0, 0.1) is 0 Å². The van der Waals surface area contributed by atoms with Gasteiger partial charge in [0.1, 0.15) is 12.5 Å². The second-order valence-electron chi connectivity index (χ2n) is 3.19. The summed E-state index contributed by atoms with van der Waals surface area (Å²) in [7, 11) is 0. The molecular formula is C8H11N3O3. The highest BCUT2D eigenvalue weighted by Crippen LogP contribution is 2.12. The van der Waals surface area contributed by atoms with Crippen LogP contribution < -0.4 is 11.4 Å². The summed E-state index contributed by atoms with van der Waals surface area (Å²) in [6, 6.07) is 1.63. The molecule has 3 N–H and O–H groups in total. The van der Waals surface area contributed by atoms with Gasteiger partial charge in [0.2, 0.25) is 0 Å². The summed E-state index contributed by atoms with van der Waals surface area (Å²) in [6.07, 6.45) is 0.231. The molecule has 6 nitrogen and oxygen atoms in total. The van der Waals surface area contributed by atoms with Crippen molar-refractivity contribution in [2.24, 2.45) is 0 Å². The summed E-state index contributed by atoms with van der Waals surface area (Å²) in [5.41, 5.74) is 5.79. The van der Waals surface area contributed by atoms with Crippen LogP contribution in [0.5, 0.6) is 0 Å². The predicted molar refractivity (Wildman–Crippen MR) is 48.6 cm³/mol. The lowest BCUT2D eigenvalue weighted by molar-refractivity contribution is -0.0439. The van der Waals surface area contributed by atoms with Crippen molar-refractivity contribution < 1.29 is 9.84 Å². The first kappa shape index (κ1) is 9.17. The smallest absolute Gasteiger partial charge is 0.351 e. The normalized spacial score (nSPS) is 20.5. The van der Waals surface area contributed by atoms with Crippen molar-refractivity contribution in [1.82, 2.24) is 9.55 Å². The van der Waals surface area contributed by atoms with E-state index in [2.05, 4.69) is 4.98 Å². The van der Waals surface area contributed by atoms with Crippen molar-refractivity contribution in [3.8, 4) is 0 Å². The monoisotopic (exact) mass is 197 g/mol. The summed E-state index contributed by atoms with van der Waals surface area (Å²) >= 11 is 0. The Morgan fingerprint density at radius 3 is 3.29 bits per heavy atom. The molecule has 1 atom stereocenters. The van der Waals surface area contributed by atoms with Crippen LogP contribution in [0.3, 0.4) is 0 Å². The van der Waals surface area contributed by atoms with E-state index in [1.54, 1.807) is 6.07 Å². The zero-order valence-electron chi connectivity index (χ0n) is 7.51. The molecule has 0 bridgehead atoms. The minimum Gasteiger partial charge on any atom is -0.394 e. The Morgan fingerprint density at radius 1 is 1.79 bits per heavy atom. The van der Waals surface area contributed by atoms with Crippen molar-refractivity contribution in [2.45, 2.75) is 19.3 Å². The average Bonchev–Trinajstić information content (AvgIpc) is 2.16. The highest BCUT2D eigenvalue weighted by molar-refractivity contribution is 5.29. The molecule has 0 saturated heterocycles. The number of fused-ring (bicyclic) bond motifs is 1. The van der Waals surface area contributed by atoms with Crippen LogP contribution in [0.4, 0.5) is 5.82 Å². The van der Waals surface area contributed by atoms with Crippen molar-refractivity contribution in [3.63, 3.8) is 0 Å². The van der Waals surface area contributed by atoms with E-state index in [9.17, 15) is 4.79 Å². The number of nitrogens with zero attached hydrogens (tertiary/aromatic N) is 2. The third kappa shape index (κ3) is 1.49. The molecule has 0 aromatic carbocycles. The lowest BCUT2D eigenvalue weighted by Crippen LogP contribution is -2.37. The molecule has 2 rings (SSSR count). The third-order valence-corrected chi connectivity index (χ3v) is 2.20. The number of aromatic nitrogens is 2. The molecule has 1 aromatic heterocycles. The summed E-state index contributed by atoms with van der Waals surface area (Å²) < 4.78 is 6.61. The van der Waals surface area contributed by atoms with E-state index in [0.29, 0.717) is 6.42 Å². The Morgan fingerprint density at radius 2 is 2.57 bits per heavy atom. The molecule has 14 heavy (non-hydrogen) atoms. The summed E-state index contributed by atoms with van der Waals surface area (Å²) in [5.74, 6) is 0.208. The van der Waals surface area contributed by atoms with E-state index in [1.165, 1.54) is 4.57 Å². The largest absolute Gasteiger partial charge is 0.394 e. The van der Waals surface area contributed by atoms with Gasteiger partial charge in [-0.1, -0.05) is 0 Å². The van der Waals surface area contributed by atoms with E-state index in [0.717, 1.165) is 5.69 Å². The highest BCUT2D eigenvalue weighted by atomic mass is 16.5. The van der Waals surface area contributed by atoms with Crippen LogP contribution in [-0.4, -0.2) is 27.4 Å². The minimum absolute atomic E-state index is 0.0591. The van der Waals surface area contributed by atoms with Gasteiger partial charge in [-0.05, 0) is 0 Å². The van der Waals surface area contributed by atoms with Gasteiger partial charge < -0.3 is 15.6 Å². The molecule has 0 aliphatic carbocycles. The molecular weight excluding hydrogens is 186 g/mol. The number of aliphatic hydroxyl groups is 1. The zero-order valence-corrected chi connectivity index (χ0v) is 7.51. The Hall–Kier alpha value is -1.40. The Bertz CT molecular complexity index is 401. The van der Waals surface area contributed by atoms with Crippen LogP contribution in [-0.2, 0) is 17.9 Å². The van der Waals surface area contributed by atoms with Crippen LogP contribution in [0.15, 0.2) is 10.9 Å².